The number of anilines is 1. The van der Waals surface area contributed by atoms with E-state index in [-0.39, 0.29) is 22.2 Å². The number of hydrogen-bond acceptors (Lipinski definition) is 4. The normalized spacial score (nSPS) is 20.2. The highest BCUT2D eigenvalue weighted by Gasteiger charge is 2.24. The number of sulfonamides is 1. The van der Waals surface area contributed by atoms with Gasteiger partial charge in [0, 0.05) is 23.0 Å². The SMILES string of the molecule is Cc1c(N)cc(S(=O)(=O)NC2CCSC2)cc1F. The van der Waals surface area contributed by atoms with Crippen LogP contribution in [0.3, 0.4) is 0 Å². The minimum Gasteiger partial charge on any atom is -0.398 e. The zero-order valence-electron chi connectivity index (χ0n) is 9.94. The van der Waals surface area contributed by atoms with E-state index in [1.54, 1.807) is 11.8 Å². The molecule has 3 N–H and O–H groups in total. The Kier molecular flexibility index (Phi) is 3.84. The van der Waals surface area contributed by atoms with Gasteiger partial charge in [0.05, 0.1) is 4.90 Å². The van der Waals surface area contributed by atoms with Crippen molar-refractivity contribution in [1.29, 1.82) is 0 Å². The van der Waals surface area contributed by atoms with Crippen molar-refractivity contribution in [1.82, 2.24) is 4.72 Å². The van der Waals surface area contributed by atoms with Crippen LogP contribution in [0, 0.1) is 12.7 Å². The first-order valence-corrected chi connectivity index (χ1v) is 8.19. The van der Waals surface area contributed by atoms with Gasteiger partial charge in [-0.25, -0.2) is 17.5 Å². The zero-order chi connectivity index (χ0) is 13.3. The number of nitrogens with two attached hydrogens (primary N) is 1. The van der Waals surface area contributed by atoms with Gasteiger partial charge in [-0.15, -0.1) is 0 Å². The molecule has 0 saturated carbocycles. The quantitative estimate of drug-likeness (QED) is 0.828. The van der Waals surface area contributed by atoms with Crippen LogP contribution in [0.4, 0.5) is 10.1 Å². The molecule has 1 unspecified atom stereocenters. The second kappa shape index (κ2) is 5.07. The molecular weight excluding hydrogens is 275 g/mol. The highest BCUT2D eigenvalue weighted by Crippen LogP contribution is 2.23. The molecule has 0 spiro atoms. The van der Waals surface area contributed by atoms with Gasteiger partial charge in [0.15, 0.2) is 0 Å². The first-order chi connectivity index (χ1) is 8.40. The van der Waals surface area contributed by atoms with Gasteiger partial charge < -0.3 is 5.73 Å². The standard InChI is InChI=1S/C11H15FN2O2S2/c1-7-10(12)4-9(5-11(7)13)18(15,16)14-8-2-3-17-6-8/h4-5,8,14H,2-3,6,13H2,1H3. The number of rotatable bonds is 3. The fourth-order valence-electron chi connectivity index (χ4n) is 1.74. The lowest BCUT2D eigenvalue weighted by Crippen LogP contribution is -2.34. The van der Waals surface area contributed by atoms with Crippen LogP contribution in [0.5, 0.6) is 0 Å². The number of halogens is 1. The van der Waals surface area contributed by atoms with Crippen molar-refractivity contribution in [3.05, 3.63) is 23.5 Å². The summed E-state index contributed by atoms with van der Waals surface area (Å²) < 4.78 is 40.2. The maximum atomic E-state index is 13.5. The van der Waals surface area contributed by atoms with Crippen LogP contribution in [0.1, 0.15) is 12.0 Å². The predicted molar refractivity (Wildman–Crippen MR) is 71.6 cm³/mol. The first-order valence-electron chi connectivity index (χ1n) is 5.56. The van der Waals surface area contributed by atoms with Crippen LogP contribution in [-0.2, 0) is 10.0 Å². The topological polar surface area (TPSA) is 72.2 Å². The largest absolute Gasteiger partial charge is 0.398 e. The lowest BCUT2D eigenvalue weighted by molar-refractivity contribution is 0.560. The summed E-state index contributed by atoms with van der Waals surface area (Å²) in [6.45, 7) is 1.52. The number of nitrogen functional groups attached to an aromatic ring is 1. The van der Waals surface area contributed by atoms with E-state index in [2.05, 4.69) is 4.72 Å². The monoisotopic (exact) mass is 290 g/mol. The van der Waals surface area contributed by atoms with E-state index in [9.17, 15) is 12.8 Å². The third-order valence-corrected chi connectivity index (χ3v) is 5.58. The lowest BCUT2D eigenvalue weighted by atomic mass is 10.2. The van der Waals surface area contributed by atoms with Gasteiger partial charge in [0.1, 0.15) is 5.82 Å². The molecule has 4 nitrogen and oxygen atoms in total. The molecule has 1 aliphatic heterocycles. The van der Waals surface area contributed by atoms with Gasteiger partial charge in [-0.3, -0.25) is 0 Å². The average Bonchev–Trinajstić information content (AvgIpc) is 2.77. The van der Waals surface area contributed by atoms with Gasteiger partial charge in [-0.05, 0) is 31.2 Å². The second-order valence-corrected chi connectivity index (χ2v) is 7.16. The lowest BCUT2D eigenvalue weighted by Gasteiger charge is -2.13. The van der Waals surface area contributed by atoms with Crippen molar-refractivity contribution in [2.75, 3.05) is 17.2 Å². The van der Waals surface area contributed by atoms with Crippen LogP contribution in [0.25, 0.3) is 0 Å². The van der Waals surface area contributed by atoms with Crippen molar-refractivity contribution in [3.63, 3.8) is 0 Å². The summed E-state index contributed by atoms with van der Waals surface area (Å²) in [6.07, 6.45) is 0.799. The molecule has 2 rings (SSSR count). The Bertz CT molecular complexity index is 531. The summed E-state index contributed by atoms with van der Waals surface area (Å²) in [5.41, 5.74) is 6.01. The summed E-state index contributed by atoms with van der Waals surface area (Å²) in [5.74, 6) is 1.09. The van der Waals surface area contributed by atoms with E-state index in [0.29, 0.717) is 0 Å². The van der Waals surface area contributed by atoms with E-state index < -0.39 is 15.8 Å². The van der Waals surface area contributed by atoms with Crippen molar-refractivity contribution in [2.45, 2.75) is 24.3 Å². The number of hydrogen-bond donors (Lipinski definition) is 2. The van der Waals surface area contributed by atoms with Crippen LogP contribution >= 0.6 is 11.8 Å². The Morgan fingerprint density at radius 1 is 1.50 bits per heavy atom. The van der Waals surface area contributed by atoms with E-state index in [1.165, 1.54) is 13.0 Å². The molecule has 1 aromatic carbocycles. The highest BCUT2D eigenvalue weighted by molar-refractivity contribution is 7.99. The molecule has 7 heteroatoms. The molecular formula is C11H15FN2O2S2. The Morgan fingerprint density at radius 3 is 2.78 bits per heavy atom. The molecule has 18 heavy (non-hydrogen) atoms. The van der Waals surface area contributed by atoms with Crippen LogP contribution in [0.2, 0.25) is 0 Å². The third-order valence-electron chi connectivity index (χ3n) is 2.92. The molecule has 0 aliphatic carbocycles. The summed E-state index contributed by atoms with van der Waals surface area (Å²) >= 11 is 1.70. The Morgan fingerprint density at radius 2 is 2.22 bits per heavy atom. The smallest absolute Gasteiger partial charge is 0.241 e. The van der Waals surface area contributed by atoms with E-state index >= 15 is 0 Å². The Hall–Kier alpha value is -0.790. The summed E-state index contributed by atoms with van der Waals surface area (Å²) in [5, 5.41) is 0. The Balaban J connectivity index is 2.29. The van der Waals surface area contributed by atoms with Crippen molar-refractivity contribution >= 4 is 27.5 Å². The molecule has 100 valence electrons. The predicted octanol–water partition coefficient (Wildman–Crippen LogP) is 1.50. The van der Waals surface area contributed by atoms with Gasteiger partial charge >= 0.3 is 0 Å². The number of benzene rings is 1. The fourth-order valence-corrected chi connectivity index (χ4v) is 4.32. The van der Waals surface area contributed by atoms with Crippen LogP contribution < -0.4 is 10.5 Å². The minimum atomic E-state index is -3.69. The van der Waals surface area contributed by atoms with Crippen LogP contribution in [0.15, 0.2) is 17.0 Å². The average molecular weight is 290 g/mol. The van der Waals surface area contributed by atoms with E-state index in [1.807, 2.05) is 0 Å². The molecule has 1 aliphatic rings. The van der Waals surface area contributed by atoms with Crippen molar-refractivity contribution < 1.29 is 12.8 Å². The molecule has 0 amide bonds. The zero-order valence-corrected chi connectivity index (χ0v) is 11.6. The van der Waals surface area contributed by atoms with E-state index in [0.717, 1.165) is 24.0 Å². The molecule has 1 heterocycles. The number of thioether (sulfide) groups is 1. The molecule has 1 saturated heterocycles. The number of nitrogens with one attached hydrogen (secondary N) is 1. The van der Waals surface area contributed by atoms with Gasteiger partial charge in [0.2, 0.25) is 10.0 Å². The first kappa shape index (κ1) is 13.6. The Labute approximate surface area is 110 Å². The summed E-state index contributed by atoms with van der Waals surface area (Å²) in [4.78, 5) is -0.111. The maximum Gasteiger partial charge on any atom is 0.241 e. The molecule has 0 bridgehead atoms. The molecule has 1 atom stereocenters. The van der Waals surface area contributed by atoms with Crippen LogP contribution in [-0.4, -0.2) is 26.0 Å². The van der Waals surface area contributed by atoms with Crippen molar-refractivity contribution in [3.8, 4) is 0 Å². The van der Waals surface area contributed by atoms with Gasteiger partial charge in [-0.1, -0.05) is 0 Å². The van der Waals surface area contributed by atoms with Crippen molar-refractivity contribution in [2.24, 2.45) is 0 Å². The fraction of sp³-hybridized carbons (Fsp3) is 0.455. The highest BCUT2D eigenvalue weighted by atomic mass is 32.2. The second-order valence-electron chi connectivity index (χ2n) is 4.30. The third kappa shape index (κ3) is 2.78. The van der Waals surface area contributed by atoms with Gasteiger partial charge in [-0.2, -0.15) is 11.8 Å². The maximum absolute atomic E-state index is 13.5. The molecule has 0 aromatic heterocycles. The van der Waals surface area contributed by atoms with E-state index in [4.69, 9.17) is 5.73 Å². The minimum absolute atomic E-state index is 0.0782. The molecule has 1 fully saturated rings. The summed E-state index contributed by atoms with van der Waals surface area (Å²) in [7, 11) is -3.69. The van der Waals surface area contributed by atoms with Gasteiger partial charge in [0.25, 0.3) is 0 Å². The molecule has 0 radical (unpaired) electrons. The summed E-state index contributed by atoms with van der Waals surface area (Å²) in [6, 6.07) is 2.23. The molecule has 1 aromatic rings.